The number of aliphatic imine (C=N–C) groups is 1. The number of nitrogens with zero attached hydrogens (tertiary/aromatic N) is 1. The molecule has 0 aromatic heterocycles. The molecule has 1 N–H and O–H groups in total. The molecule has 20 heavy (non-hydrogen) atoms. The van der Waals surface area contributed by atoms with Gasteiger partial charge in [0.1, 0.15) is 18.8 Å². The standard InChI is InChI=1S/C17H17NO2/c19-17(14-9-5-2-6-10-14)15-12-20-16(18-15)11-13-7-3-1-4-8-13/h1-10,15,17,19H,11-12H2/t15-,17-/m0/s1. The lowest BCUT2D eigenvalue weighted by atomic mass is 10.0. The molecule has 0 unspecified atom stereocenters. The van der Waals surface area contributed by atoms with Gasteiger partial charge >= 0.3 is 0 Å². The van der Waals surface area contributed by atoms with E-state index in [4.69, 9.17) is 4.74 Å². The van der Waals surface area contributed by atoms with Crippen molar-refractivity contribution in [3.8, 4) is 0 Å². The van der Waals surface area contributed by atoms with E-state index < -0.39 is 6.10 Å². The van der Waals surface area contributed by atoms with E-state index in [2.05, 4.69) is 4.99 Å². The number of aliphatic hydroxyl groups excluding tert-OH is 1. The largest absolute Gasteiger partial charge is 0.478 e. The number of aliphatic hydroxyl groups is 1. The highest BCUT2D eigenvalue weighted by atomic mass is 16.5. The van der Waals surface area contributed by atoms with Crippen molar-refractivity contribution < 1.29 is 9.84 Å². The van der Waals surface area contributed by atoms with Crippen LogP contribution in [0.5, 0.6) is 0 Å². The zero-order chi connectivity index (χ0) is 13.8. The Morgan fingerprint density at radius 3 is 2.40 bits per heavy atom. The average molecular weight is 267 g/mol. The first kappa shape index (κ1) is 12.9. The molecule has 3 nitrogen and oxygen atoms in total. The molecule has 0 radical (unpaired) electrons. The van der Waals surface area contributed by atoms with Crippen LogP contribution < -0.4 is 0 Å². The number of hydrogen-bond donors (Lipinski definition) is 1. The Morgan fingerprint density at radius 2 is 1.70 bits per heavy atom. The van der Waals surface area contributed by atoms with Crippen molar-refractivity contribution >= 4 is 5.90 Å². The van der Waals surface area contributed by atoms with Gasteiger partial charge in [-0.2, -0.15) is 0 Å². The monoisotopic (exact) mass is 267 g/mol. The molecular weight excluding hydrogens is 250 g/mol. The third kappa shape index (κ3) is 2.89. The predicted octanol–water partition coefficient (Wildman–Crippen LogP) is 2.76. The number of hydrogen-bond acceptors (Lipinski definition) is 3. The van der Waals surface area contributed by atoms with E-state index in [1.807, 2.05) is 60.7 Å². The van der Waals surface area contributed by atoms with Crippen molar-refractivity contribution in [2.45, 2.75) is 18.6 Å². The van der Waals surface area contributed by atoms with Gasteiger partial charge in [0.25, 0.3) is 0 Å². The summed E-state index contributed by atoms with van der Waals surface area (Å²) in [5.41, 5.74) is 2.05. The SMILES string of the molecule is O[C@@H](c1ccccc1)[C@@H]1COC(Cc2ccccc2)=N1. The second-order valence-electron chi connectivity index (χ2n) is 4.92. The molecule has 2 aromatic carbocycles. The minimum atomic E-state index is -0.607. The summed E-state index contributed by atoms with van der Waals surface area (Å²) < 4.78 is 5.60. The fourth-order valence-electron chi connectivity index (χ4n) is 2.34. The Kier molecular flexibility index (Phi) is 3.79. The maximum atomic E-state index is 10.3. The first-order valence-electron chi connectivity index (χ1n) is 6.79. The van der Waals surface area contributed by atoms with Crippen LogP contribution in [-0.2, 0) is 11.2 Å². The summed E-state index contributed by atoms with van der Waals surface area (Å²) in [6.07, 6.45) is 0.0724. The predicted molar refractivity (Wildman–Crippen MR) is 78.7 cm³/mol. The summed E-state index contributed by atoms with van der Waals surface area (Å²) >= 11 is 0. The molecule has 0 bridgehead atoms. The smallest absolute Gasteiger partial charge is 0.188 e. The van der Waals surface area contributed by atoms with Crippen LogP contribution in [-0.4, -0.2) is 23.7 Å². The molecular formula is C17H17NO2. The molecule has 0 amide bonds. The lowest BCUT2D eigenvalue weighted by Crippen LogP contribution is -2.17. The number of rotatable bonds is 4. The van der Waals surface area contributed by atoms with Gasteiger partial charge in [-0.15, -0.1) is 0 Å². The summed E-state index contributed by atoms with van der Waals surface area (Å²) in [6.45, 7) is 0.443. The molecule has 102 valence electrons. The summed E-state index contributed by atoms with van der Waals surface area (Å²) in [7, 11) is 0. The topological polar surface area (TPSA) is 41.8 Å². The quantitative estimate of drug-likeness (QED) is 0.925. The van der Waals surface area contributed by atoms with E-state index in [0.717, 1.165) is 5.56 Å². The van der Waals surface area contributed by atoms with Gasteiger partial charge < -0.3 is 9.84 Å². The molecule has 2 atom stereocenters. The third-order valence-corrected chi connectivity index (χ3v) is 3.43. The minimum Gasteiger partial charge on any atom is -0.478 e. The molecule has 0 aliphatic carbocycles. The van der Waals surface area contributed by atoms with Crippen molar-refractivity contribution in [2.75, 3.05) is 6.61 Å². The molecule has 0 saturated heterocycles. The minimum absolute atomic E-state index is 0.212. The zero-order valence-electron chi connectivity index (χ0n) is 11.1. The van der Waals surface area contributed by atoms with Gasteiger partial charge in [-0.25, -0.2) is 4.99 Å². The second-order valence-corrected chi connectivity index (χ2v) is 4.92. The molecule has 1 heterocycles. The maximum Gasteiger partial charge on any atom is 0.188 e. The summed E-state index contributed by atoms with van der Waals surface area (Å²) in [6, 6.07) is 19.5. The van der Waals surface area contributed by atoms with E-state index in [1.54, 1.807) is 0 Å². The number of ether oxygens (including phenoxy) is 1. The van der Waals surface area contributed by atoms with Crippen LogP contribution >= 0.6 is 0 Å². The summed E-state index contributed by atoms with van der Waals surface area (Å²) in [5.74, 6) is 0.705. The van der Waals surface area contributed by atoms with E-state index in [1.165, 1.54) is 5.56 Å². The van der Waals surface area contributed by atoms with Crippen LogP contribution in [0.25, 0.3) is 0 Å². The van der Waals surface area contributed by atoms with Gasteiger partial charge in [0.05, 0.1) is 0 Å². The van der Waals surface area contributed by atoms with Crippen molar-refractivity contribution in [1.29, 1.82) is 0 Å². The highest BCUT2D eigenvalue weighted by Crippen LogP contribution is 2.23. The summed E-state index contributed by atoms with van der Waals surface area (Å²) in [5, 5.41) is 10.3. The highest BCUT2D eigenvalue weighted by molar-refractivity contribution is 5.80. The van der Waals surface area contributed by atoms with Gasteiger partial charge in [-0.05, 0) is 11.1 Å². The Morgan fingerprint density at radius 1 is 1.05 bits per heavy atom. The molecule has 0 spiro atoms. The van der Waals surface area contributed by atoms with Crippen molar-refractivity contribution in [2.24, 2.45) is 4.99 Å². The van der Waals surface area contributed by atoms with Crippen LogP contribution in [0, 0.1) is 0 Å². The Hall–Kier alpha value is -2.13. The fourth-order valence-corrected chi connectivity index (χ4v) is 2.34. The van der Waals surface area contributed by atoms with Crippen LogP contribution in [0.4, 0.5) is 0 Å². The lowest BCUT2D eigenvalue weighted by Gasteiger charge is -2.13. The van der Waals surface area contributed by atoms with Crippen LogP contribution in [0.2, 0.25) is 0 Å². The van der Waals surface area contributed by atoms with Crippen molar-refractivity contribution in [3.63, 3.8) is 0 Å². The van der Waals surface area contributed by atoms with Gasteiger partial charge in [0, 0.05) is 6.42 Å². The molecule has 1 aliphatic rings. The van der Waals surface area contributed by atoms with Crippen LogP contribution in [0.15, 0.2) is 65.7 Å². The van der Waals surface area contributed by atoms with Crippen molar-refractivity contribution in [3.05, 3.63) is 71.8 Å². The molecule has 3 heteroatoms. The van der Waals surface area contributed by atoms with Gasteiger partial charge in [-0.3, -0.25) is 0 Å². The average Bonchev–Trinajstić information content (AvgIpc) is 2.97. The zero-order valence-corrected chi connectivity index (χ0v) is 11.1. The Labute approximate surface area is 118 Å². The second kappa shape index (κ2) is 5.88. The third-order valence-electron chi connectivity index (χ3n) is 3.43. The first-order chi connectivity index (χ1) is 9.83. The highest BCUT2D eigenvalue weighted by Gasteiger charge is 2.26. The Bertz CT molecular complexity index is 580. The molecule has 2 aromatic rings. The molecule has 1 aliphatic heterocycles. The van der Waals surface area contributed by atoms with Crippen LogP contribution in [0.1, 0.15) is 17.2 Å². The van der Waals surface area contributed by atoms with Gasteiger partial charge in [-0.1, -0.05) is 60.7 Å². The summed E-state index contributed by atoms with van der Waals surface area (Å²) in [4.78, 5) is 4.50. The van der Waals surface area contributed by atoms with E-state index in [-0.39, 0.29) is 6.04 Å². The molecule has 0 saturated carbocycles. The van der Waals surface area contributed by atoms with Crippen molar-refractivity contribution in [1.82, 2.24) is 0 Å². The van der Waals surface area contributed by atoms with Gasteiger partial charge in [0.15, 0.2) is 5.90 Å². The van der Waals surface area contributed by atoms with E-state index >= 15 is 0 Å². The molecule has 3 rings (SSSR count). The maximum absolute atomic E-state index is 10.3. The van der Waals surface area contributed by atoms with Crippen LogP contribution in [0.3, 0.4) is 0 Å². The van der Waals surface area contributed by atoms with E-state index in [9.17, 15) is 5.11 Å². The lowest BCUT2D eigenvalue weighted by molar-refractivity contribution is 0.129. The fraction of sp³-hybridized carbons (Fsp3) is 0.235. The number of benzene rings is 2. The van der Waals surface area contributed by atoms with E-state index in [0.29, 0.717) is 18.9 Å². The first-order valence-corrected chi connectivity index (χ1v) is 6.79. The molecule has 0 fully saturated rings. The van der Waals surface area contributed by atoms with Gasteiger partial charge in [0.2, 0.25) is 0 Å². The Balaban J connectivity index is 1.69. The normalized spacial score (nSPS) is 19.2.